The van der Waals surface area contributed by atoms with Crippen molar-refractivity contribution in [3.8, 4) is 0 Å². The first-order valence-electron chi connectivity index (χ1n) is 5.41. The first kappa shape index (κ1) is 14.6. The van der Waals surface area contributed by atoms with Gasteiger partial charge in [0.05, 0.1) is 5.92 Å². The Kier molecular flexibility index (Phi) is 4.08. The van der Waals surface area contributed by atoms with Gasteiger partial charge in [0.2, 0.25) is 0 Å². The molecule has 1 N–H and O–H groups in total. The molecular weight excluding hydrogens is 253 g/mol. The van der Waals surface area contributed by atoms with Gasteiger partial charge in [-0.05, 0) is 0 Å². The van der Waals surface area contributed by atoms with Gasteiger partial charge in [-0.3, -0.25) is 4.79 Å². The smallest absolute Gasteiger partial charge is 0.406 e. The quantitative estimate of drug-likeness (QED) is 0.838. The molecule has 1 unspecified atom stereocenters. The van der Waals surface area contributed by atoms with Gasteiger partial charge in [-0.25, -0.2) is 4.79 Å². The maximum absolute atomic E-state index is 12.1. The summed E-state index contributed by atoms with van der Waals surface area (Å²) in [4.78, 5) is 24.0. The van der Waals surface area contributed by atoms with Crippen LogP contribution in [0.25, 0.3) is 0 Å². The third-order valence-electron chi connectivity index (χ3n) is 3.02. The Balaban J connectivity index is 2.41. The van der Waals surface area contributed by atoms with Crippen molar-refractivity contribution in [2.75, 3.05) is 26.7 Å². The van der Waals surface area contributed by atoms with Crippen LogP contribution in [0.2, 0.25) is 0 Å². The highest BCUT2D eigenvalue weighted by molar-refractivity contribution is 5.76. The number of likely N-dealkylation sites (tertiary alicyclic amines) is 1. The van der Waals surface area contributed by atoms with Crippen molar-refractivity contribution in [2.24, 2.45) is 11.8 Å². The average molecular weight is 268 g/mol. The standard InChI is InChI=1S/C10H15F3N2O3/c1-6(8(16)17)7-3-15(4-7)9(18)14(2)5-10(11,12)13/h6-7H,3-5H2,1-2H3,(H,16,17). The summed E-state index contributed by atoms with van der Waals surface area (Å²) in [5.41, 5.74) is 0. The minimum atomic E-state index is -4.43. The monoisotopic (exact) mass is 268 g/mol. The van der Waals surface area contributed by atoms with Crippen LogP contribution in [-0.4, -0.2) is 59.8 Å². The van der Waals surface area contributed by atoms with E-state index in [-0.39, 0.29) is 19.0 Å². The van der Waals surface area contributed by atoms with Crippen LogP contribution in [0.15, 0.2) is 0 Å². The Hall–Kier alpha value is -1.47. The number of halogens is 3. The highest BCUT2D eigenvalue weighted by atomic mass is 19.4. The van der Waals surface area contributed by atoms with Gasteiger partial charge in [-0.1, -0.05) is 6.92 Å². The van der Waals surface area contributed by atoms with E-state index in [2.05, 4.69) is 0 Å². The molecular formula is C10H15F3N2O3. The van der Waals surface area contributed by atoms with Gasteiger partial charge >= 0.3 is 18.2 Å². The summed E-state index contributed by atoms with van der Waals surface area (Å²) in [6.45, 7) is 0.596. The van der Waals surface area contributed by atoms with Crippen LogP contribution < -0.4 is 0 Å². The molecule has 0 aliphatic carbocycles. The van der Waals surface area contributed by atoms with E-state index < -0.39 is 30.6 Å². The molecule has 0 radical (unpaired) electrons. The zero-order chi connectivity index (χ0) is 14.1. The molecule has 104 valence electrons. The van der Waals surface area contributed by atoms with Gasteiger partial charge in [0, 0.05) is 26.1 Å². The predicted octanol–water partition coefficient (Wildman–Crippen LogP) is 1.25. The summed E-state index contributed by atoms with van der Waals surface area (Å²) < 4.78 is 36.2. The van der Waals surface area contributed by atoms with Crippen LogP contribution in [0.1, 0.15) is 6.92 Å². The summed E-state index contributed by atoms with van der Waals surface area (Å²) in [6, 6.07) is -0.721. The first-order chi connectivity index (χ1) is 8.11. The Morgan fingerprint density at radius 3 is 2.33 bits per heavy atom. The van der Waals surface area contributed by atoms with Crippen molar-refractivity contribution in [1.82, 2.24) is 9.80 Å². The zero-order valence-electron chi connectivity index (χ0n) is 10.1. The molecule has 0 aromatic carbocycles. The molecule has 0 aromatic rings. The fourth-order valence-electron chi connectivity index (χ4n) is 1.76. The third-order valence-corrected chi connectivity index (χ3v) is 3.02. The first-order valence-corrected chi connectivity index (χ1v) is 5.41. The summed E-state index contributed by atoms with van der Waals surface area (Å²) in [5.74, 6) is -1.75. The number of carboxylic acids is 1. The summed E-state index contributed by atoms with van der Waals surface area (Å²) in [5, 5.41) is 8.74. The van der Waals surface area contributed by atoms with Crippen molar-refractivity contribution >= 4 is 12.0 Å². The van der Waals surface area contributed by atoms with E-state index in [9.17, 15) is 22.8 Å². The number of rotatable bonds is 3. The number of nitrogens with zero attached hydrogens (tertiary/aromatic N) is 2. The summed E-state index contributed by atoms with van der Waals surface area (Å²) >= 11 is 0. The van der Waals surface area contributed by atoms with Crippen LogP contribution in [0, 0.1) is 11.8 Å². The molecule has 1 heterocycles. The van der Waals surface area contributed by atoms with E-state index in [1.165, 1.54) is 11.8 Å². The molecule has 0 aromatic heterocycles. The van der Waals surface area contributed by atoms with E-state index in [4.69, 9.17) is 5.11 Å². The van der Waals surface area contributed by atoms with Gasteiger partial charge < -0.3 is 14.9 Å². The van der Waals surface area contributed by atoms with Crippen LogP contribution >= 0.6 is 0 Å². The fourth-order valence-corrected chi connectivity index (χ4v) is 1.76. The number of hydrogen-bond donors (Lipinski definition) is 1. The van der Waals surface area contributed by atoms with Gasteiger partial charge in [0.15, 0.2) is 0 Å². The van der Waals surface area contributed by atoms with Gasteiger partial charge in [0.25, 0.3) is 0 Å². The molecule has 1 atom stereocenters. The topological polar surface area (TPSA) is 60.9 Å². The number of hydrogen-bond acceptors (Lipinski definition) is 2. The Morgan fingerprint density at radius 1 is 1.44 bits per heavy atom. The number of carboxylic acid groups (broad SMARTS) is 1. The van der Waals surface area contributed by atoms with Crippen LogP contribution in [0.4, 0.5) is 18.0 Å². The number of carbonyl (C=O) groups excluding carboxylic acids is 1. The predicted molar refractivity (Wildman–Crippen MR) is 55.9 cm³/mol. The van der Waals surface area contributed by atoms with Crippen molar-refractivity contribution in [1.29, 1.82) is 0 Å². The lowest BCUT2D eigenvalue weighted by Crippen LogP contribution is -2.57. The molecule has 18 heavy (non-hydrogen) atoms. The van der Waals surface area contributed by atoms with Crippen molar-refractivity contribution < 1.29 is 27.9 Å². The minimum Gasteiger partial charge on any atom is -0.481 e. The maximum Gasteiger partial charge on any atom is 0.406 e. The van der Waals surface area contributed by atoms with Gasteiger partial charge in [-0.2, -0.15) is 13.2 Å². The molecule has 0 bridgehead atoms. The molecule has 5 nitrogen and oxygen atoms in total. The fraction of sp³-hybridized carbons (Fsp3) is 0.800. The van der Waals surface area contributed by atoms with E-state index in [1.54, 1.807) is 0 Å². The van der Waals surface area contributed by atoms with Gasteiger partial charge in [0.1, 0.15) is 6.54 Å². The Morgan fingerprint density at radius 2 is 1.94 bits per heavy atom. The number of alkyl halides is 3. The second-order valence-corrected chi connectivity index (χ2v) is 4.55. The molecule has 0 saturated carbocycles. The minimum absolute atomic E-state index is 0.189. The highest BCUT2D eigenvalue weighted by Crippen LogP contribution is 2.25. The lowest BCUT2D eigenvalue weighted by atomic mass is 9.87. The average Bonchev–Trinajstić information content (AvgIpc) is 2.11. The normalized spacial score (nSPS) is 18.2. The lowest BCUT2D eigenvalue weighted by Gasteiger charge is -2.42. The molecule has 1 aliphatic heterocycles. The molecule has 1 aliphatic rings. The van der Waals surface area contributed by atoms with Crippen LogP contribution in [0.3, 0.4) is 0 Å². The third kappa shape index (κ3) is 3.51. The zero-order valence-corrected chi connectivity index (χ0v) is 10.1. The largest absolute Gasteiger partial charge is 0.481 e. The van der Waals surface area contributed by atoms with Crippen molar-refractivity contribution in [3.05, 3.63) is 0 Å². The molecule has 1 rings (SSSR count). The second-order valence-electron chi connectivity index (χ2n) is 4.55. The summed E-state index contributed by atoms with van der Waals surface area (Å²) in [6.07, 6.45) is -4.43. The molecule has 1 fully saturated rings. The Labute approximate surface area is 102 Å². The maximum atomic E-state index is 12.1. The summed E-state index contributed by atoms with van der Waals surface area (Å²) in [7, 11) is 1.07. The van der Waals surface area contributed by atoms with Crippen molar-refractivity contribution in [2.45, 2.75) is 13.1 Å². The molecule has 0 spiro atoms. The van der Waals surface area contributed by atoms with E-state index >= 15 is 0 Å². The second kappa shape index (κ2) is 5.03. The van der Waals surface area contributed by atoms with Crippen LogP contribution in [0.5, 0.6) is 0 Å². The number of amides is 2. The van der Waals surface area contributed by atoms with E-state index in [0.29, 0.717) is 4.90 Å². The highest BCUT2D eigenvalue weighted by Gasteiger charge is 2.40. The van der Waals surface area contributed by atoms with Gasteiger partial charge in [-0.15, -0.1) is 0 Å². The number of carbonyl (C=O) groups is 2. The molecule has 2 amide bonds. The molecule has 1 saturated heterocycles. The van der Waals surface area contributed by atoms with E-state index in [1.807, 2.05) is 0 Å². The van der Waals surface area contributed by atoms with Crippen LogP contribution in [-0.2, 0) is 4.79 Å². The lowest BCUT2D eigenvalue weighted by molar-refractivity contribution is -0.145. The number of urea groups is 1. The van der Waals surface area contributed by atoms with Crippen molar-refractivity contribution in [3.63, 3.8) is 0 Å². The SMILES string of the molecule is CC(C(=O)O)C1CN(C(=O)N(C)CC(F)(F)F)C1. The van der Waals surface area contributed by atoms with E-state index in [0.717, 1.165) is 7.05 Å². The number of aliphatic carboxylic acids is 1. The Bertz CT molecular complexity index is 340. The molecule has 8 heteroatoms.